The molecule has 132 valence electrons. The molecular formula is C19H18N4O3. The molecule has 0 radical (unpaired) electrons. The lowest BCUT2D eigenvalue weighted by Crippen LogP contribution is -2.30. The van der Waals surface area contributed by atoms with Gasteiger partial charge in [0.2, 0.25) is 0 Å². The van der Waals surface area contributed by atoms with E-state index in [0.29, 0.717) is 31.0 Å². The van der Waals surface area contributed by atoms with Crippen LogP contribution >= 0.6 is 0 Å². The van der Waals surface area contributed by atoms with Gasteiger partial charge in [-0.3, -0.25) is 19.6 Å². The van der Waals surface area contributed by atoms with Gasteiger partial charge in [-0.25, -0.2) is 0 Å². The first-order valence-corrected chi connectivity index (χ1v) is 8.19. The molecule has 0 aliphatic carbocycles. The van der Waals surface area contributed by atoms with Gasteiger partial charge in [0.1, 0.15) is 11.3 Å². The van der Waals surface area contributed by atoms with E-state index in [4.69, 9.17) is 4.74 Å². The van der Waals surface area contributed by atoms with Gasteiger partial charge in [-0.1, -0.05) is 0 Å². The molecule has 7 heteroatoms. The number of amides is 1. The molecule has 0 fully saturated rings. The molecule has 0 bridgehead atoms. The van der Waals surface area contributed by atoms with E-state index in [1.807, 2.05) is 6.07 Å². The van der Waals surface area contributed by atoms with Crippen LogP contribution in [0.5, 0.6) is 5.75 Å². The highest BCUT2D eigenvalue weighted by molar-refractivity contribution is 5.94. The predicted octanol–water partition coefficient (Wildman–Crippen LogP) is 2.03. The number of pyridine rings is 3. The summed E-state index contributed by atoms with van der Waals surface area (Å²) >= 11 is 0. The zero-order valence-corrected chi connectivity index (χ0v) is 14.0. The highest BCUT2D eigenvalue weighted by atomic mass is 16.5. The summed E-state index contributed by atoms with van der Waals surface area (Å²) in [5.74, 6) is 0.274. The molecule has 26 heavy (non-hydrogen) atoms. The van der Waals surface area contributed by atoms with Crippen molar-refractivity contribution in [2.45, 2.75) is 6.42 Å². The first-order valence-electron chi connectivity index (χ1n) is 8.19. The van der Waals surface area contributed by atoms with Crippen molar-refractivity contribution in [3.05, 3.63) is 77.1 Å². The second-order valence-corrected chi connectivity index (χ2v) is 5.50. The Morgan fingerprint density at radius 1 is 1.08 bits per heavy atom. The molecule has 0 aliphatic heterocycles. The van der Waals surface area contributed by atoms with Crippen LogP contribution in [0.3, 0.4) is 0 Å². The fourth-order valence-electron chi connectivity index (χ4n) is 2.34. The molecule has 0 aliphatic rings. The topological polar surface area (TPSA) is 97.0 Å². The van der Waals surface area contributed by atoms with E-state index in [-0.39, 0.29) is 5.56 Å². The highest BCUT2D eigenvalue weighted by Gasteiger charge is 2.11. The molecule has 3 rings (SSSR count). The van der Waals surface area contributed by atoms with Gasteiger partial charge in [0.15, 0.2) is 0 Å². The first kappa shape index (κ1) is 17.3. The van der Waals surface area contributed by atoms with Crippen molar-refractivity contribution in [2.75, 3.05) is 13.2 Å². The van der Waals surface area contributed by atoms with E-state index >= 15 is 0 Å². The zero-order chi connectivity index (χ0) is 18.2. The second kappa shape index (κ2) is 8.57. The minimum Gasteiger partial charge on any atom is -0.492 e. The van der Waals surface area contributed by atoms with Crippen LogP contribution in [0.1, 0.15) is 16.8 Å². The molecule has 3 aromatic rings. The number of aromatic nitrogens is 3. The number of ether oxygens (including phenoxy) is 1. The maximum atomic E-state index is 12.2. The summed E-state index contributed by atoms with van der Waals surface area (Å²) in [7, 11) is 0. The van der Waals surface area contributed by atoms with Crippen LogP contribution in [0.25, 0.3) is 11.3 Å². The summed E-state index contributed by atoms with van der Waals surface area (Å²) in [5, 5.41) is 2.72. The maximum Gasteiger partial charge on any atom is 0.261 e. The molecular weight excluding hydrogens is 332 g/mol. The Balaban J connectivity index is 1.51. The third-order valence-electron chi connectivity index (χ3n) is 3.66. The van der Waals surface area contributed by atoms with E-state index in [1.54, 1.807) is 49.1 Å². The van der Waals surface area contributed by atoms with E-state index in [0.717, 1.165) is 5.56 Å². The number of nitrogens with one attached hydrogen (secondary N) is 2. The number of hydrogen-bond donors (Lipinski definition) is 2. The summed E-state index contributed by atoms with van der Waals surface area (Å²) in [6, 6.07) is 10.4. The van der Waals surface area contributed by atoms with Gasteiger partial charge in [0.25, 0.3) is 11.5 Å². The van der Waals surface area contributed by atoms with Crippen LogP contribution in [0.15, 0.2) is 66.0 Å². The molecule has 0 saturated heterocycles. The number of hydrogen-bond acceptors (Lipinski definition) is 5. The number of rotatable bonds is 7. The fraction of sp³-hybridized carbons (Fsp3) is 0.158. The molecule has 0 spiro atoms. The molecule has 3 heterocycles. The van der Waals surface area contributed by atoms with Crippen molar-refractivity contribution >= 4 is 5.91 Å². The average Bonchev–Trinajstić information content (AvgIpc) is 2.69. The largest absolute Gasteiger partial charge is 0.492 e. The van der Waals surface area contributed by atoms with Crippen LogP contribution in [0.4, 0.5) is 0 Å². The Kier molecular flexibility index (Phi) is 5.72. The van der Waals surface area contributed by atoms with E-state index in [9.17, 15) is 9.59 Å². The Hall–Kier alpha value is -3.48. The molecule has 2 N–H and O–H groups in total. The molecule has 0 saturated carbocycles. The van der Waals surface area contributed by atoms with Crippen LogP contribution in [0.2, 0.25) is 0 Å². The standard InChI is InChI=1S/C19H18N4O3/c24-18(22-9-2-12-26-15-3-1-8-21-13-15)16-4-5-17(23-19(16)25)14-6-10-20-11-7-14/h1,3-8,10-11,13H,2,9,12H2,(H,22,24)(H,23,25). The van der Waals surface area contributed by atoms with Crippen LogP contribution in [0, 0.1) is 0 Å². The SMILES string of the molecule is O=C(NCCCOc1cccnc1)c1ccc(-c2ccncc2)[nH]c1=O. The van der Waals surface area contributed by atoms with Crippen LogP contribution in [-0.4, -0.2) is 34.0 Å². The van der Waals surface area contributed by atoms with Gasteiger partial charge in [0, 0.05) is 36.4 Å². The molecule has 0 aromatic carbocycles. The Bertz CT molecular complexity index is 911. The monoisotopic (exact) mass is 350 g/mol. The number of nitrogens with zero attached hydrogens (tertiary/aromatic N) is 2. The van der Waals surface area contributed by atoms with Crippen LogP contribution < -0.4 is 15.6 Å². The van der Waals surface area contributed by atoms with Gasteiger partial charge >= 0.3 is 0 Å². The smallest absolute Gasteiger partial charge is 0.261 e. The lowest BCUT2D eigenvalue weighted by Gasteiger charge is -2.07. The van der Waals surface area contributed by atoms with Crippen molar-refractivity contribution in [1.82, 2.24) is 20.3 Å². The quantitative estimate of drug-likeness (QED) is 0.636. The Labute approximate surface area is 150 Å². The van der Waals surface area contributed by atoms with Gasteiger partial charge < -0.3 is 15.0 Å². The van der Waals surface area contributed by atoms with Crippen molar-refractivity contribution in [3.63, 3.8) is 0 Å². The molecule has 1 amide bonds. The number of aromatic amines is 1. The minimum atomic E-state index is -0.427. The van der Waals surface area contributed by atoms with Gasteiger partial charge in [0.05, 0.1) is 12.8 Å². The van der Waals surface area contributed by atoms with Crippen molar-refractivity contribution in [3.8, 4) is 17.0 Å². The van der Waals surface area contributed by atoms with Gasteiger partial charge in [-0.05, 0) is 42.8 Å². The van der Waals surface area contributed by atoms with Crippen molar-refractivity contribution < 1.29 is 9.53 Å². The second-order valence-electron chi connectivity index (χ2n) is 5.50. The summed E-state index contributed by atoms with van der Waals surface area (Å²) in [5.41, 5.74) is 1.12. The Morgan fingerprint density at radius 2 is 1.92 bits per heavy atom. The van der Waals surface area contributed by atoms with E-state index in [2.05, 4.69) is 20.3 Å². The summed E-state index contributed by atoms with van der Waals surface area (Å²) in [4.78, 5) is 34.9. The van der Waals surface area contributed by atoms with Crippen molar-refractivity contribution in [2.24, 2.45) is 0 Å². The fourth-order valence-corrected chi connectivity index (χ4v) is 2.34. The van der Waals surface area contributed by atoms with Gasteiger partial charge in [-0.2, -0.15) is 0 Å². The lowest BCUT2D eigenvalue weighted by atomic mass is 10.1. The number of carbonyl (C=O) groups is 1. The third-order valence-corrected chi connectivity index (χ3v) is 3.66. The van der Waals surface area contributed by atoms with E-state index in [1.165, 1.54) is 6.07 Å². The molecule has 0 unspecified atom stereocenters. The highest BCUT2D eigenvalue weighted by Crippen LogP contribution is 2.13. The zero-order valence-electron chi connectivity index (χ0n) is 14.0. The maximum absolute atomic E-state index is 12.2. The summed E-state index contributed by atoms with van der Waals surface area (Å²) in [6.07, 6.45) is 7.20. The van der Waals surface area contributed by atoms with Crippen molar-refractivity contribution in [1.29, 1.82) is 0 Å². The lowest BCUT2D eigenvalue weighted by molar-refractivity contribution is 0.0950. The average molecular weight is 350 g/mol. The Morgan fingerprint density at radius 3 is 2.65 bits per heavy atom. The molecule has 0 atom stereocenters. The van der Waals surface area contributed by atoms with Crippen LogP contribution in [-0.2, 0) is 0 Å². The van der Waals surface area contributed by atoms with E-state index < -0.39 is 11.5 Å². The number of carbonyl (C=O) groups excluding carboxylic acids is 1. The molecule has 3 aromatic heterocycles. The minimum absolute atomic E-state index is 0.0796. The first-order chi connectivity index (χ1) is 12.7. The summed E-state index contributed by atoms with van der Waals surface area (Å²) < 4.78 is 5.50. The van der Waals surface area contributed by atoms with Gasteiger partial charge in [-0.15, -0.1) is 0 Å². The normalized spacial score (nSPS) is 10.3. The number of H-pyrrole nitrogens is 1. The predicted molar refractivity (Wildman–Crippen MR) is 97.0 cm³/mol. The summed E-state index contributed by atoms with van der Waals surface area (Å²) in [6.45, 7) is 0.855. The third kappa shape index (κ3) is 4.54. The molecule has 7 nitrogen and oxygen atoms in total.